The van der Waals surface area contributed by atoms with Crippen LogP contribution in [0.3, 0.4) is 0 Å². The maximum atomic E-state index is 12.3. The second kappa shape index (κ2) is 8.47. The Balaban J connectivity index is 1.22. The highest BCUT2D eigenvalue weighted by atomic mass is 16.5. The van der Waals surface area contributed by atoms with Crippen LogP contribution in [0.25, 0.3) is 11.4 Å². The van der Waals surface area contributed by atoms with Gasteiger partial charge < -0.3 is 18.6 Å². The Labute approximate surface area is 179 Å². The Bertz CT molecular complexity index is 1140. The third-order valence-electron chi connectivity index (χ3n) is 5.29. The Morgan fingerprint density at radius 2 is 1.87 bits per heavy atom. The number of aromatic nitrogens is 2. The monoisotopic (exact) mass is 415 g/mol. The number of carbonyl (C=O) groups excluding carboxylic acids is 1. The van der Waals surface area contributed by atoms with Gasteiger partial charge in [-0.2, -0.15) is 4.98 Å². The Kier molecular flexibility index (Phi) is 5.22. The van der Waals surface area contributed by atoms with Crippen molar-refractivity contribution in [3.05, 3.63) is 90.2 Å². The number of nitrogens with zero attached hydrogens (tertiary/aromatic N) is 3. The quantitative estimate of drug-likeness (QED) is 0.444. The smallest absolute Gasteiger partial charge is 0.232 e. The lowest BCUT2D eigenvalue weighted by Crippen LogP contribution is -2.24. The summed E-state index contributed by atoms with van der Waals surface area (Å²) in [6.07, 6.45) is 1.96. The summed E-state index contributed by atoms with van der Waals surface area (Å²) in [5, 5.41) is 4.10. The highest BCUT2D eigenvalue weighted by Crippen LogP contribution is 2.30. The van der Waals surface area contributed by atoms with Crippen molar-refractivity contribution in [1.29, 1.82) is 0 Å². The fourth-order valence-corrected chi connectivity index (χ4v) is 3.64. The highest BCUT2D eigenvalue weighted by molar-refractivity contribution is 5.79. The average Bonchev–Trinajstić information content (AvgIpc) is 3.56. The van der Waals surface area contributed by atoms with Gasteiger partial charge in [-0.25, -0.2) is 0 Å². The van der Waals surface area contributed by atoms with Crippen molar-refractivity contribution in [2.75, 3.05) is 6.54 Å². The minimum atomic E-state index is -0.114. The molecule has 0 N–H and O–H groups in total. The molecular weight excluding hydrogens is 394 g/mol. The van der Waals surface area contributed by atoms with Gasteiger partial charge in [0, 0.05) is 18.5 Å². The summed E-state index contributed by atoms with van der Waals surface area (Å²) in [4.78, 5) is 18.6. The lowest BCUT2D eigenvalue weighted by atomic mass is 10.1. The molecule has 1 unspecified atom stereocenters. The van der Waals surface area contributed by atoms with Crippen LogP contribution < -0.4 is 4.74 Å². The minimum Gasteiger partial charge on any atom is -0.489 e. The number of hydrogen-bond donors (Lipinski definition) is 0. The van der Waals surface area contributed by atoms with Gasteiger partial charge in [0.15, 0.2) is 0 Å². The second-order valence-electron chi connectivity index (χ2n) is 7.51. The van der Waals surface area contributed by atoms with Crippen LogP contribution in [0.4, 0.5) is 0 Å². The zero-order chi connectivity index (χ0) is 21.0. The standard InChI is InChI=1S/C24H21N3O4/c28-22-13-19(14-27(22)15-21-7-4-12-29-21)24-25-23(26-31-24)18-8-10-20(11-9-18)30-16-17-5-2-1-3-6-17/h1-12,19H,13-16H2. The predicted molar refractivity (Wildman–Crippen MR) is 112 cm³/mol. The van der Waals surface area contributed by atoms with Gasteiger partial charge in [0.1, 0.15) is 18.1 Å². The molecule has 1 amide bonds. The third kappa shape index (κ3) is 4.35. The molecule has 0 bridgehead atoms. The minimum absolute atomic E-state index is 0.0565. The van der Waals surface area contributed by atoms with Crippen LogP contribution >= 0.6 is 0 Å². The Hall–Kier alpha value is -3.87. The molecule has 7 nitrogen and oxygen atoms in total. The van der Waals surface area contributed by atoms with Crippen molar-refractivity contribution in [2.45, 2.75) is 25.5 Å². The van der Waals surface area contributed by atoms with Gasteiger partial charge in [0.05, 0.1) is 18.7 Å². The van der Waals surface area contributed by atoms with E-state index in [1.807, 2.05) is 66.7 Å². The molecule has 1 fully saturated rings. The van der Waals surface area contributed by atoms with E-state index < -0.39 is 0 Å². The summed E-state index contributed by atoms with van der Waals surface area (Å²) in [5.74, 6) is 2.45. The van der Waals surface area contributed by atoms with E-state index in [0.717, 1.165) is 22.6 Å². The third-order valence-corrected chi connectivity index (χ3v) is 5.29. The van der Waals surface area contributed by atoms with Gasteiger partial charge in [-0.15, -0.1) is 0 Å². The lowest BCUT2D eigenvalue weighted by molar-refractivity contribution is -0.128. The van der Waals surface area contributed by atoms with Crippen LogP contribution in [-0.2, 0) is 17.9 Å². The first-order valence-electron chi connectivity index (χ1n) is 10.2. The number of likely N-dealkylation sites (tertiary alicyclic amines) is 1. The van der Waals surface area contributed by atoms with E-state index in [2.05, 4.69) is 10.1 Å². The molecule has 2 aromatic carbocycles. The number of furan rings is 1. The van der Waals surface area contributed by atoms with E-state index in [4.69, 9.17) is 13.7 Å². The summed E-state index contributed by atoms with van der Waals surface area (Å²) in [7, 11) is 0. The summed E-state index contributed by atoms with van der Waals surface area (Å²) in [6, 6.07) is 21.3. The highest BCUT2D eigenvalue weighted by Gasteiger charge is 2.34. The van der Waals surface area contributed by atoms with E-state index in [1.54, 1.807) is 11.2 Å². The number of rotatable bonds is 7. The van der Waals surface area contributed by atoms with Gasteiger partial charge in [0.25, 0.3) is 0 Å². The molecule has 0 spiro atoms. The average molecular weight is 415 g/mol. The van der Waals surface area contributed by atoms with Crippen molar-refractivity contribution in [3.63, 3.8) is 0 Å². The molecule has 31 heavy (non-hydrogen) atoms. The van der Waals surface area contributed by atoms with Gasteiger partial charge in [-0.3, -0.25) is 4.79 Å². The lowest BCUT2D eigenvalue weighted by Gasteiger charge is -2.13. The number of ether oxygens (including phenoxy) is 1. The van der Waals surface area contributed by atoms with Crippen molar-refractivity contribution in [2.24, 2.45) is 0 Å². The van der Waals surface area contributed by atoms with E-state index in [0.29, 0.717) is 37.8 Å². The van der Waals surface area contributed by atoms with Gasteiger partial charge in [0.2, 0.25) is 17.6 Å². The number of hydrogen-bond acceptors (Lipinski definition) is 6. The predicted octanol–water partition coefficient (Wildman–Crippen LogP) is 4.42. The molecule has 4 aromatic rings. The Morgan fingerprint density at radius 1 is 1.03 bits per heavy atom. The summed E-state index contributed by atoms with van der Waals surface area (Å²) >= 11 is 0. The SMILES string of the molecule is O=C1CC(c2nc(-c3ccc(OCc4ccccc4)cc3)no2)CN1Cc1ccco1. The zero-order valence-corrected chi connectivity index (χ0v) is 16.8. The maximum Gasteiger partial charge on any atom is 0.232 e. The van der Waals surface area contributed by atoms with Gasteiger partial charge in [-0.1, -0.05) is 35.5 Å². The van der Waals surface area contributed by atoms with Crippen molar-refractivity contribution in [3.8, 4) is 17.1 Å². The van der Waals surface area contributed by atoms with Crippen LogP contribution in [-0.4, -0.2) is 27.5 Å². The molecule has 2 aromatic heterocycles. The zero-order valence-electron chi connectivity index (χ0n) is 16.8. The summed E-state index contributed by atoms with van der Waals surface area (Å²) < 4.78 is 16.6. The molecule has 1 saturated heterocycles. The van der Waals surface area contributed by atoms with Crippen LogP contribution in [0.15, 0.2) is 81.9 Å². The number of benzene rings is 2. The van der Waals surface area contributed by atoms with Crippen LogP contribution in [0.2, 0.25) is 0 Å². The first kappa shape index (κ1) is 19.1. The molecule has 5 rings (SSSR count). The molecule has 1 atom stereocenters. The Morgan fingerprint density at radius 3 is 2.65 bits per heavy atom. The molecule has 1 aliphatic rings. The van der Waals surface area contributed by atoms with Crippen LogP contribution in [0.1, 0.15) is 29.6 Å². The van der Waals surface area contributed by atoms with Crippen molar-refractivity contribution in [1.82, 2.24) is 15.0 Å². The first-order chi connectivity index (χ1) is 15.2. The van der Waals surface area contributed by atoms with Crippen molar-refractivity contribution >= 4 is 5.91 Å². The molecule has 0 radical (unpaired) electrons. The number of amides is 1. The van der Waals surface area contributed by atoms with Crippen LogP contribution in [0, 0.1) is 0 Å². The fourth-order valence-electron chi connectivity index (χ4n) is 3.64. The molecule has 1 aliphatic heterocycles. The van der Waals surface area contributed by atoms with Gasteiger partial charge >= 0.3 is 0 Å². The van der Waals surface area contributed by atoms with Gasteiger partial charge in [-0.05, 0) is 42.0 Å². The molecular formula is C24H21N3O4. The van der Waals surface area contributed by atoms with E-state index in [1.165, 1.54) is 0 Å². The largest absolute Gasteiger partial charge is 0.489 e. The second-order valence-corrected chi connectivity index (χ2v) is 7.51. The van der Waals surface area contributed by atoms with E-state index in [-0.39, 0.29) is 11.8 Å². The normalized spacial score (nSPS) is 16.1. The molecule has 156 valence electrons. The maximum absolute atomic E-state index is 12.3. The first-order valence-corrected chi connectivity index (χ1v) is 10.2. The van der Waals surface area contributed by atoms with Crippen molar-refractivity contribution < 1.29 is 18.5 Å². The molecule has 3 heterocycles. The summed E-state index contributed by atoms with van der Waals surface area (Å²) in [5.41, 5.74) is 1.94. The van der Waals surface area contributed by atoms with E-state index in [9.17, 15) is 4.79 Å². The molecule has 0 saturated carbocycles. The summed E-state index contributed by atoms with van der Waals surface area (Å²) in [6.45, 7) is 1.50. The van der Waals surface area contributed by atoms with E-state index >= 15 is 0 Å². The fraction of sp³-hybridized carbons (Fsp3) is 0.208. The molecule has 0 aliphatic carbocycles. The topological polar surface area (TPSA) is 81.6 Å². The van der Waals surface area contributed by atoms with Crippen LogP contribution in [0.5, 0.6) is 5.75 Å². The number of carbonyl (C=O) groups is 1. The molecule has 7 heteroatoms.